The van der Waals surface area contributed by atoms with Crippen LogP contribution in [0, 0.1) is 0 Å². The van der Waals surface area contributed by atoms with E-state index >= 15 is 0 Å². The van der Waals surface area contributed by atoms with Crippen molar-refractivity contribution in [3.8, 4) is 0 Å². The quantitative estimate of drug-likeness (QED) is 0.842. The smallest absolute Gasteiger partial charge is 0.410 e. The number of amides is 1. The number of nitrogens with zero attached hydrogens (tertiary/aromatic N) is 3. The summed E-state index contributed by atoms with van der Waals surface area (Å²) in [7, 11) is 3.56. The third-order valence-corrected chi connectivity index (χ3v) is 3.14. The maximum atomic E-state index is 12.0. The molecule has 1 rings (SSSR count). The van der Waals surface area contributed by atoms with E-state index in [1.807, 2.05) is 40.9 Å². The standard InChI is InChI=1S/C12H20BrN3O2/c1-8(9-7-15(5)14-10(9)13)16(6)11(17)18-12(2,3)4/h7-8H,1-6H3. The van der Waals surface area contributed by atoms with E-state index in [1.54, 1.807) is 16.6 Å². The van der Waals surface area contributed by atoms with Gasteiger partial charge in [-0.25, -0.2) is 4.79 Å². The van der Waals surface area contributed by atoms with Gasteiger partial charge in [0.15, 0.2) is 0 Å². The van der Waals surface area contributed by atoms with Crippen LogP contribution in [0.4, 0.5) is 4.79 Å². The first-order valence-electron chi connectivity index (χ1n) is 5.76. The van der Waals surface area contributed by atoms with Crippen LogP contribution in [-0.4, -0.2) is 33.4 Å². The van der Waals surface area contributed by atoms with Crippen molar-refractivity contribution < 1.29 is 9.53 Å². The highest BCUT2D eigenvalue weighted by Gasteiger charge is 2.25. The molecule has 18 heavy (non-hydrogen) atoms. The molecule has 0 aliphatic carbocycles. The molecule has 1 atom stereocenters. The number of carbonyl (C=O) groups is 1. The fraction of sp³-hybridized carbons (Fsp3) is 0.667. The molecule has 1 heterocycles. The summed E-state index contributed by atoms with van der Waals surface area (Å²) in [5, 5.41) is 4.20. The number of aromatic nitrogens is 2. The highest BCUT2D eigenvalue weighted by Crippen LogP contribution is 2.26. The Morgan fingerprint density at radius 1 is 1.56 bits per heavy atom. The first-order valence-corrected chi connectivity index (χ1v) is 6.56. The topological polar surface area (TPSA) is 47.4 Å². The fourth-order valence-corrected chi connectivity index (χ4v) is 2.14. The van der Waals surface area contributed by atoms with Crippen LogP contribution in [0.3, 0.4) is 0 Å². The predicted octanol–water partition coefficient (Wildman–Crippen LogP) is 3.11. The molecule has 0 aromatic carbocycles. The SMILES string of the molecule is CC(c1cn(C)nc1Br)N(C)C(=O)OC(C)(C)C. The van der Waals surface area contributed by atoms with E-state index in [1.165, 1.54) is 0 Å². The second-order valence-electron chi connectivity index (χ2n) is 5.32. The average Bonchev–Trinajstić information content (AvgIpc) is 2.53. The molecule has 0 spiro atoms. The van der Waals surface area contributed by atoms with Gasteiger partial charge >= 0.3 is 6.09 Å². The van der Waals surface area contributed by atoms with Gasteiger partial charge in [-0.1, -0.05) is 0 Å². The molecule has 5 nitrogen and oxygen atoms in total. The Morgan fingerprint density at radius 3 is 2.50 bits per heavy atom. The van der Waals surface area contributed by atoms with Gasteiger partial charge in [0.1, 0.15) is 10.2 Å². The molecule has 1 amide bonds. The van der Waals surface area contributed by atoms with Crippen molar-refractivity contribution in [3.05, 3.63) is 16.4 Å². The Kier molecular flexibility index (Phi) is 4.42. The van der Waals surface area contributed by atoms with Gasteiger partial charge in [0, 0.05) is 25.9 Å². The largest absolute Gasteiger partial charge is 0.444 e. The normalized spacial score (nSPS) is 13.3. The molecule has 1 aromatic heterocycles. The molecule has 0 aliphatic rings. The van der Waals surface area contributed by atoms with Gasteiger partial charge in [-0.3, -0.25) is 4.68 Å². The summed E-state index contributed by atoms with van der Waals surface area (Å²) < 4.78 is 7.78. The Hall–Kier alpha value is -1.04. The maximum absolute atomic E-state index is 12.0. The number of carbonyl (C=O) groups excluding carboxylic acids is 1. The van der Waals surface area contributed by atoms with Gasteiger partial charge in [0.2, 0.25) is 0 Å². The summed E-state index contributed by atoms with van der Waals surface area (Å²) in [6.45, 7) is 7.49. The van der Waals surface area contributed by atoms with Crippen LogP contribution in [0.2, 0.25) is 0 Å². The minimum Gasteiger partial charge on any atom is -0.444 e. The molecule has 0 aliphatic heterocycles. The summed E-state index contributed by atoms with van der Waals surface area (Å²) in [6, 6.07) is -0.108. The first kappa shape index (κ1) is 15.0. The fourth-order valence-electron chi connectivity index (χ4n) is 1.46. The summed E-state index contributed by atoms with van der Waals surface area (Å²) >= 11 is 3.39. The van der Waals surface area contributed by atoms with Crippen molar-refractivity contribution in [1.29, 1.82) is 0 Å². The monoisotopic (exact) mass is 317 g/mol. The van der Waals surface area contributed by atoms with Crippen molar-refractivity contribution in [3.63, 3.8) is 0 Å². The molecule has 1 aromatic rings. The first-order chi connectivity index (χ1) is 8.11. The van der Waals surface area contributed by atoms with Gasteiger partial charge in [-0.15, -0.1) is 0 Å². The molecule has 102 valence electrons. The molecule has 0 saturated carbocycles. The minimum atomic E-state index is -0.489. The molecular formula is C12H20BrN3O2. The Bertz CT molecular complexity index is 437. The van der Waals surface area contributed by atoms with E-state index in [9.17, 15) is 4.79 Å². The molecule has 6 heteroatoms. The number of hydrogen-bond donors (Lipinski definition) is 0. The van der Waals surface area contributed by atoms with Crippen LogP contribution in [0.5, 0.6) is 0 Å². The lowest BCUT2D eigenvalue weighted by atomic mass is 10.2. The van der Waals surface area contributed by atoms with Crippen LogP contribution < -0.4 is 0 Å². The minimum absolute atomic E-state index is 0.108. The number of halogens is 1. The Balaban J connectivity index is 2.81. The number of hydrogen-bond acceptors (Lipinski definition) is 3. The van der Waals surface area contributed by atoms with Crippen molar-refractivity contribution in [2.45, 2.75) is 39.3 Å². The highest BCUT2D eigenvalue weighted by atomic mass is 79.9. The number of ether oxygens (including phenoxy) is 1. The molecule has 0 saturated heterocycles. The lowest BCUT2D eigenvalue weighted by molar-refractivity contribution is 0.0233. The molecule has 0 N–H and O–H groups in total. The zero-order valence-corrected chi connectivity index (χ0v) is 13.3. The van der Waals surface area contributed by atoms with Crippen LogP contribution >= 0.6 is 15.9 Å². The van der Waals surface area contributed by atoms with E-state index in [0.29, 0.717) is 0 Å². The van der Waals surface area contributed by atoms with Gasteiger partial charge in [0.25, 0.3) is 0 Å². The van der Waals surface area contributed by atoms with Gasteiger partial charge in [0.05, 0.1) is 6.04 Å². The number of rotatable bonds is 2. The van der Waals surface area contributed by atoms with E-state index in [2.05, 4.69) is 21.0 Å². The average molecular weight is 318 g/mol. The molecule has 0 radical (unpaired) electrons. The highest BCUT2D eigenvalue weighted by molar-refractivity contribution is 9.10. The number of aryl methyl sites for hydroxylation is 1. The van der Waals surface area contributed by atoms with Crippen molar-refractivity contribution in [1.82, 2.24) is 14.7 Å². The lowest BCUT2D eigenvalue weighted by Crippen LogP contribution is -2.35. The lowest BCUT2D eigenvalue weighted by Gasteiger charge is -2.28. The van der Waals surface area contributed by atoms with Gasteiger partial charge in [-0.2, -0.15) is 5.10 Å². The summed E-state index contributed by atoms with van der Waals surface area (Å²) in [5.41, 5.74) is 0.461. The van der Waals surface area contributed by atoms with E-state index in [0.717, 1.165) is 10.2 Å². The zero-order valence-electron chi connectivity index (χ0n) is 11.7. The Morgan fingerprint density at radius 2 is 2.11 bits per heavy atom. The van der Waals surface area contributed by atoms with Crippen LogP contribution in [0.1, 0.15) is 39.3 Å². The Labute approximate surface area is 116 Å². The van der Waals surface area contributed by atoms with Crippen molar-refractivity contribution in [2.24, 2.45) is 7.05 Å². The van der Waals surface area contributed by atoms with E-state index in [-0.39, 0.29) is 12.1 Å². The van der Waals surface area contributed by atoms with E-state index < -0.39 is 5.60 Å². The third-order valence-electron chi connectivity index (χ3n) is 2.52. The van der Waals surface area contributed by atoms with Crippen LogP contribution in [-0.2, 0) is 11.8 Å². The zero-order chi connectivity index (χ0) is 14.1. The van der Waals surface area contributed by atoms with Crippen molar-refractivity contribution >= 4 is 22.0 Å². The van der Waals surface area contributed by atoms with Crippen LogP contribution in [0.15, 0.2) is 10.8 Å². The van der Waals surface area contributed by atoms with Crippen LogP contribution in [0.25, 0.3) is 0 Å². The molecule has 0 fully saturated rings. The summed E-state index contributed by atoms with van der Waals surface area (Å²) in [5.74, 6) is 0. The second kappa shape index (κ2) is 5.30. The second-order valence-corrected chi connectivity index (χ2v) is 6.07. The van der Waals surface area contributed by atoms with E-state index in [4.69, 9.17) is 4.74 Å². The summed E-state index contributed by atoms with van der Waals surface area (Å²) in [4.78, 5) is 13.5. The molecule has 1 unspecified atom stereocenters. The molecule has 0 bridgehead atoms. The molecular weight excluding hydrogens is 298 g/mol. The van der Waals surface area contributed by atoms with Gasteiger partial charge < -0.3 is 9.64 Å². The summed E-state index contributed by atoms with van der Waals surface area (Å²) in [6.07, 6.45) is 1.54. The maximum Gasteiger partial charge on any atom is 0.410 e. The van der Waals surface area contributed by atoms with Crippen molar-refractivity contribution in [2.75, 3.05) is 7.05 Å². The van der Waals surface area contributed by atoms with Gasteiger partial charge in [-0.05, 0) is 43.6 Å². The third kappa shape index (κ3) is 3.73. The predicted molar refractivity (Wildman–Crippen MR) is 73.3 cm³/mol.